The summed E-state index contributed by atoms with van der Waals surface area (Å²) in [6.07, 6.45) is -0.270. The van der Waals surface area contributed by atoms with Crippen molar-refractivity contribution in [3.05, 3.63) is 65.5 Å². The van der Waals surface area contributed by atoms with Gasteiger partial charge in [0.25, 0.3) is 5.91 Å². The zero-order valence-electron chi connectivity index (χ0n) is 13.5. The molecule has 1 amide bonds. The molecule has 1 aliphatic heterocycles. The maximum atomic E-state index is 13.0. The predicted octanol–water partition coefficient (Wildman–Crippen LogP) is 2.68. The molecule has 6 heteroatoms. The van der Waals surface area contributed by atoms with Gasteiger partial charge < -0.3 is 14.4 Å². The van der Waals surface area contributed by atoms with Crippen LogP contribution < -0.4 is 4.74 Å². The molecule has 5 nitrogen and oxygen atoms in total. The summed E-state index contributed by atoms with van der Waals surface area (Å²) in [6.45, 7) is 1.24. The Balaban J connectivity index is 1.56. The van der Waals surface area contributed by atoms with E-state index in [-0.39, 0.29) is 24.4 Å². The highest BCUT2D eigenvalue weighted by Crippen LogP contribution is 2.22. The summed E-state index contributed by atoms with van der Waals surface area (Å²) in [4.78, 5) is 14.0. The normalized spacial score (nSPS) is 17.0. The molecular formula is C19H17FN2O3. The summed E-state index contributed by atoms with van der Waals surface area (Å²) in [7, 11) is 0. The van der Waals surface area contributed by atoms with Crippen LogP contribution in [0.1, 0.15) is 17.2 Å². The molecule has 1 unspecified atom stereocenters. The minimum Gasteiger partial charge on any atom is -0.484 e. The lowest BCUT2D eigenvalue weighted by Gasteiger charge is -2.33. The summed E-state index contributed by atoms with van der Waals surface area (Å²) in [6, 6.07) is 14.7. The Hall–Kier alpha value is -2.91. The van der Waals surface area contributed by atoms with E-state index >= 15 is 0 Å². The first-order valence-corrected chi connectivity index (χ1v) is 7.93. The summed E-state index contributed by atoms with van der Waals surface area (Å²) in [5, 5.41) is 8.77. The van der Waals surface area contributed by atoms with Crippen LogP contribution in [0.5, 0.6) is 5.75 Å². The molecule has 128 valence electrons. The Morgan fingerprint density at radius 1 is 1.24 bits per heavy atom. The number of hydrogen-bond donors (Lipinski definition) is 0. The monoisotopic (exact) mass is 340 g/mol. The zero-order chi connectivity index (χ0) is 17.6. The molecule has 0 N–H and O–H groups in total. The molecule has 2 aromatic rings. The Labute approximate surface area is 145 Å². The van der Waals surface area contributed by atoms with E-state index in [0.717, 1.165) is 5.56 Å². The van der Waals surface area contributed by atoms with Crippen molar-refractivity contribution < 1.29 is 18.7 Å². The Kier molecular flexibility index (Phi) is 5.26. The topological polar surface area (TPSA) is 62.6 Å². The van der Waals surface area contributed by atoms with Gasteiger partial charge in [-0.1, -0.05) is 12.1 Å². The molecule has 0 aromatic heterocycles. The molecule has 1 aliphatic rings. The van der Waals surface area contributed by atoms with Gasteiger partial charge in [0.1, 0.15) is 17.7 Å². The van der Waals surface area contributed by atoms with E-state index in [0.29, 0.717) is 31.0 Å². The molecule has 1 fully saturated rings. The molecule has 0 radical (unpaired) electrons. The van der Waals surface area contributed by atoms with E-state index in [1.54, 1.807) is 41.3 Å². The Morgan fingerprint density at radius 2 is 1.96 bits per heavy atom. The number of rotatable bonds is 4. The lowest BCUT2D eigenvalue weighted by atomic mass is 10.1. The smallest absolute Gasteiger partial charge is 0.260 e. The van der Waals surface area contributed by atoms with E-state index in [1.165, 1.54) is 12.1 Å². The van der Waals surface area contributed by atoms with E-state index < -0.39 is 0 Å². The van der Waals surface area contributed by atoms with Gasteiger partial charge in [0.05, 0.1) is 24.8 Å². The van der Waals surface area contributed by atoms with Crippen molar-refractivity contribution in [1.29, 1.82) is 5.26 Å². The lowest BCUT2D eigenvalue weighted by Crippen LogP contribution is -2.44. The van der Waals surface area contributed by atoms with Crippen molar-refractivity contribution >= 4 is 5.91 Å². The van der Waals surface area contributed by atoms with Gasteiger partial charge in [-0.15, -0.1) is 0 Å². The van der Waals surface area contributed by atoms with Crippen LogP contribution in [-0.2, 0) is 9.53 Å². The average Bonchev–Trinajstić information content (AvgIpc) is 2.67. The fraction of sp³-hybridized carbons (Fsp3) is 0.263. The summed E-state index contributed by atoms with van der Waals surface area (Å²) >= 11 is 0. The molecule has 0 aliphatic carbocycles. The van der Waals surface area contributed by atoms with Crippen molar-refractivity contribution in [1.82, 2.24) is 4.90 Å². The number of ether oxygens (including phenoxy) is 2. The van der Waals surface area contributed by atoms with Gasteiger partial charge in [-0.25, -0.2) is 4.39 Å². The van der Waals surface area contributed by atoms with Crippen LogP contribution in [0.3, 0.4) is 0 Å². The van der Waals surface area contributed by atoms with Crippen LogP contribution >= 0.6 is 0 Å². The average molecular weight is 340 g/mol. The predicted molar refractivity (Wildman–Crippen MR) is 88.3 cm³/mol. The Morgan fingerprint density at radius 3 is 2.64 bits per heavy atom. The third-order valence-corrected chi connectivity index (χ3v) is 4.01. The van der Waals surface area contributed by atoms with Gasteiger partial charge in [0, 0.05) is 6.54 Å². The van der Waals surface area contributed by atoms with E-state index in [1.807, 2.05) is 6.07 Å². The maximum Gasteiger partial charge on any atom is 0.260 e. The third kappa shape index (κ3) is 4.34. The number of carbonyl (C=O) groups excluding carboxylic acids is 1. The number of amides is 1. The number of benzene rings is 2. The van der Waals surface area contributed by atoms with Gasteiger partial charge in [0.15, 0.2) is 6.61 Å². The Bertz CT molecular complexity index is 769. The largest absolute Gasteiger partial charge is 0.484 e. The first kappa shape index (κ1) is 16.9. The highest BCUT2D eigenvalue weighted by atomic mass is 19.1. The minimum atomic E-state index is -0.302. The fourth-order valence-corrected chi connectivity index (χ4v) is 2.62. The van der Waals surface area contributed by atoms with E-state index in [4.69, 9.17) is 14.7 Å². The first-order chi connectivity index (χ1) is 12.2. The molecular weight excluding hydrogens is 323 g/mol. The quantitative estimate of drug-likeness (QED) is 0.858. The van der Waals surface area contributed by atoms with Crippen LogP contribution in [0.25, 0.3) is 0 Å². The van der Waals surface area contributed by atoms with Gasteiger partial charge in [-0.2, -0.15) is 5.26 Å². The van der Waals surface area contributed by atoms with Gasteiger partial charge >= 0.3 is 0 Å². The highest BCUT2D eigenvalue weighted by molar-refractivity contribution is 5.78. The van der Waals surface area contributed by atoms with E-state index in [2.05, 4.69) is 0 Å². The number of halogens is 1. The van der Waals surface area contributed by atoms with Crippen molar-refractivity contribution in [2.75, 3.05) is 26.3 Å². The molecule has 1 atom stereocenters. The second kappa shape index (κ2) is 7.77. The minimum absolute atomic E-state index is 0.0813. The number of nitrogens with zero attached hydrogens (tertiary/aromatic N) is 2. The number of hydrogen-bond acceptors (Lipinski definition) is 4. The molecule has 0 spiro atoms. The van der Waals surface area contributed by atoms with Crippen molar-refractivity contribution in [3.8, 4) is 11.8 Å². The molecule has 1 saturated heterocycles. The van der Waals surface area contributed by atoms with E-state index in [9.17, 15) is 9.18 Å². The second-order valence-electron chi connectivity index (χ2n) is 5.68. The van der Waals surface area contributed by atoms with Crippen LogP contribution in [-0.4, -0.2) is 37.1 Å². The van der Waals surface area contributed by atoms with Crippen LogP contribution in [0, 0.1) is 17.1 Å². The molecule has 25 heavy (non-hydrogen) atoms. The molecule has 0 saturated carbocycles. The SMILES string of the molecule is N#Cc1ccc(OCC(=O)N2CCOC(c3ccc(F)cc3)C2)cc1. The van der Waals surface area contributed by atoms with Gasteiger partial charge in [-0.05, 0) is 42.0 Å². The molecule has 0 bridgehead atoms. The van der Waals surface area contributed by atoms with Crippen LogP contribution in [0.15, 0.2) is 48.5 Å². The summed E-state index contributed by atoms with van der Waals surface area (Å²) < 4.78 is 24.2. The molecule has 2 aromatic carbocycles. The van der Waals surface area contributed by atoms with Crippen molar-refractivity contribution in [2.45, 2.75) is 6.10 Å². The van der Waals surface area contributed by atoms with Crippen molar-refractivity contribution in [2.24, 2.45) is 0 Å². The second-order valence-corrected chi connectivity index (χ2v) is 5.68. The van der Waals surface area contributed by atoms with Crippen LogP contribution in [0.2, 0.25) is 0 Å². The molecule has 3 rings (SSSR count). The zero-order valence-corrected chi connectivity index (χ0v) is 13.5. The van der Waals surface area contributed by atoms with Gasteiger partial charge in [-0.3, -0.25) is 4.79 Å². The van der Waals surface area contributed by atoms with Crippen LogP contribution in [0.4, 0.5) is 4.39 Å². The highest BCUT2D eigenvalue weighted by Gasteiger charge is 2.25. The lowest BCUT2D eigenvalue weighted by molar-refractivity contribution is -0.141. The summed E-state index contributed by atoms with van der Waals surface area (Å²) in [5.41, 5.74) is 1.38. The first-order valence-electron chi connectivity index (χ1n) is 7.93. The number of carbonyl (C=O) groups is 1. The fourth-order valence-electron chi connectivity index (χ4n) is 2.62. The number of nitriles is 1. The summed E-state index contributed by atoms with van der Waals surface area (Å²) in [5.74, 6) is 0.0961. The third-order valence-electron chi connectivity index (χ3n) is 4.01. The van der Waals surface area contributed by atoms with Gasteiger partial charge in [0.2, 0.25) is 0 Å². The maximum absolute atomic E-state index is 13.0. The number of morpholine rings is 1. The van der Waals surface area contributed by atoms with Crippen molar-refractivity contribution in [3.63, 3.8) is 0 Å². The molecule has 1 heterocycles. The standard InChI is InChI=1S/C19H17FN2O3/c20-16-5-3-15(4-6-16)18-12-22(9-10-24-18)19(23)13-25-17-7-1-14(11-21)2-8-17/h1-8,18H,9-10,12-13H2.